The average molecular weight is 248 g/mol. The lowest BCUT2D eigenvalue weighted by Gasteiger charge is -2.10. The first-order chi connectivity index (χ1) is 8.33. The largest absolute Gasteiger partial charge is 0.323 e. The molecule has 3 rings (SSSR count). The number of fused-ring (bicyclic) bond motifs is 1. The number of aromatic nitrogens is 2. The Hall–Kier alpha value is -1.53. The molecule has 0 aliphatic carbocycles. The van der Waals surface area contributed by atoms with E-state index in [9.17, 15) is 4.79 Å². The van der Waals surface area contributed by atoms with Gasteiger partial charge < -0.3 is 9.72 Å². The highest BCUT2D eigenvalue weighted by atomic mass is 32.2. The Kier molecular flexibility index (Phi) is 2.74. The predicted molar refractivity (Wildman–Crippen MR) is 68.1 cm³/mol. The molecule has 0 aromatic carbocycles. The monoisotopic (exact) mass is 248 g/mol. The fourth-order valence-electron chi connectivity index (χ4n) is 1.79. The molecule has 0 spiro atoms. The summed E-state index contributed by atoms with van der Waals surface area (Å²) in [6, 6.07) is 3.66. The van der Waals surface area contributed by atoms with Gasteiger partial charge in [-0.3, -0.25) is 10.1 Å². The van der Waals surface area contributed by atoms with Crippen LogP contribution in [0.25, 0.3) is 5.65 Å². The van der Waals surface area contributed by atoms with Crippen LogP contribution in [-0.2, 0) is 4.79 Å². The van der Waals surface area contributed by atoms with Crippen LogP contribution in [0.3, 0.4) is 0 Å². The second-order valence-corrected chi connectivity index (χ2v) is 4.90. The van der Waals surface area contributed by atoms with Crippen LogP contribution in [0.2, 0.25) is 0 Å². The summed E-state index contributed by atoms with van der Waals surface area (Å²) in [6.45, 7) is 0. The van der Waals surface area contributed by atoms with Crippen LogP contribution in [0.4, 0.5) is 5.69 Å². The van der Waals surface area contributed by atoms with Gasteiger partial charge in [-0.05, 0) is 12.1 Å². The maximum absolute atomic E-state index is 11.9. The van der Waals surface area contributed by atoms with E-state index in [1.54, 1.807) is 18.0 Å². The molecule has 1 fully saturated rings. The molecule has 1 amide bonds. The fourth-order valence-corrected chi connectivity index (χ4v) is 2.73. The van der Waals surface area contributed by atoms with E-state index < -0.39 is 0 Å². The summed E-state index contributed by atoms with van der Waals surface area (Å²) in [5.74, 6) is 1.70. The topological polar surface area (TPSA) is 58.4 Å². The van der Waals surface area contributed by atoms with E-state index in [2.05, 4.69) is 15.6 Å². The zero-order valence-electron chi connectivity index (χ0n) is 9.09. The van der Waals surface area contributed by atoms with Crippen molar-refractivity contribution in [1.82, 2.24) is 14.7 Å². The van der Waals surface area contributed by atoms with Crippen molar-refractivity contribution in [2.45, 2.75) is 6.04 Å². The Bertz CT molecular complexity index is 547. The van der Waals surface area contributed by atoms with Gasteiger partial charge in [-0.15, -0.1) is 11.8 Å². The van der Waals surface area contributed by atoms with Crippen LogP contribution in [0.15, 0.2) is 30.7 Å². The number of amides is 1. The fraction of sp³-hybridized carbons (Fsp3) is 0.273. The van der Waals surface area contributed by atoms with E-state index >= 15 is 0 Å². The molecule has 5 nitrogen and oxygen atoms in total. The maximum Gasteiger partial charge on any atom is 0.242 e. The molecule has 2 N–H and O–H groups in total. The van der Waals surface area contributed by atoms with Gasteiger partial charge in [0.25, 0.3) is 0 Å². The van der Waals surface area contributed by atoms with E-state index in [1.165, 1.54) is 0 Å². The average Bonchev–Trinajstić information content (AvgIpc) is 2.99. The molecule has 6 heteroatoms. The standard InChI is InChI=1S/C11H12N4OS/c16-11(9-6-17-7-13-9)14-8-1-2-10-12-3-4-15(10)5-8/h1-5,9,13H,6-7H2,(H,14,16). The molecule has 17 heavy (non-hydrogen) atoms. The molecule has 88 valence electrons. The molecule has 3 heterocycles. The highest BCUT2D eigenvalue weighted by Crippen LogP contribution is 2.13. The van der Waals surface area contributed by atoms with Crippen molar-refractivity contribution < 1.29 is 4.79 Å². The summed E-state index contributed by atoms with van der Waals surface area (Å²) in [5, 5.41) is 6.04. The van der Waals surface area contributed by atoms with Gasteiger partial charge in [-0.25, -0.2) is 4.98 Å². The molecule has 1 aliphatic heterocycles. The number of hydrogen-bond donors (Lipinski definition) is 2. The highest BCUT2D eigenvalue weighted by molar-refractivity contribution is 7.99. The molecule has 1 aliphatic rings. The minimum atomic E-state index is -0.0847. The van der Waals surface area contributed by atoms with Gasteiger partial charge in [0.05, 0.1) is 11.7 Å². The first-order valence-electron chi connectivity index (χ1n) is 5.38. The van der Waals surface area contributed by atoms with E-state index in [-0.39, 0.29) is 11.9 Å². The minimum Gasteiger partial charge on any atom is -0.323 e. The van der Waals surface area contributed by atoms with Gasteiger partial charge in [0.1, 0.15) is 5.65 Å². The van der Waals surface area contributed by atoms with Gasteiger partial charge >= 0.3 is 0 Å². The molecular formula is C11H12N4OS. The van der Waals surface area contributed by atoms with Crippen LogP contribution >= 0.6 is 11.8 Å². The van der Waals surface area contributed by atoms with E-state index in [0.717, 1.165) is 23.0 Å². The van der Waals surface area contributed by atoms with Crippen molar-refractivity contribution in [2.75, 3.05) is 16.9 Å². The first kappa shape index (κ1) is 10.6. The molecule has 0 bridgehead atoms. The van der Waals surface area contributed by atoms with Crippen molar-refractivity contribution in [1.29, 1.82) is 0 Å². The summed E-state index contributed by atoms with van der Waals surface area (Å²) in [4.78, 5) is 16.0. The Balaban J connectivity index is 1.77. The normalized spacial score (nSPS) is 19.6. The number of anilines is 1. The van der Waals surface area contributed by atoms with Crippen molar-refractivity contribution in [3.8, 4) is 0 Å². The van der Waals surface area contributed by atoms with Gasteiger partial charge in [0.2, 0.25) is 5.91 Å². The molecule has 2 aromatic rings. The Morgan fingerprint density at radius 1 is 1.59 bits per heavy atom. The van der Waals surface area contributed by atoms with Crippen molar-refractivity contribution in [3.05, 3.63) is 30.7 Å². The third kappa shape index (κ3) is 2.13. The zero-order chi connectivity index (χ0) is 11.7. The molecule has 2 aromatic heterocycles. The van der Waals surface area contributed by atoms with Crippen molar-refractivity contribution >= 4 is 29.0 Å². The third-order valence-electron chi connectivity index (χ3n) is 2.69. The number of imidazole rings is 1. The predicted octanol–water partition coefficient (Wildman–Crippen LogP) is 0.935. The summed E-state index contributed by atoms with van der Waals surface area (Å²) >= 11 is 1.74. The lowest BCUT2D eigenvalue weighted by atomic mass is 10.3. The van der Waals surface area contributed by atoms with Crippen LogP contribution in [0.5, 0.6) is 0 Å². The van der Waals surface area contributed by atoms with E-state index in [4.69, 9.17) is 0 Å². The van der Waals surface area contributed by atoms with Crippen LogP contribution in [-0.4, -0.2) is 33.0 Å². The number of rotatable bonds is 2. The first-order valence-corrected chi connectivity index (χ1v) is 6.53. The number of hydrogen-bond acceptors (Lipinski definition) is 4. The lowest BCUT2D eigenvalue weighted by molar-refractivity contribution is -0.117. The molecular weight excluding hydrogens is 236 g/mol. The summed E-state index contributed by atoms with van der Waals surface area (Å²) in [6.07, 6.45) is 5.45. The molecule has 0 radical (unpaired) electrons. The van der Waals surface area contributed by atoms with Gasteiger partial charge in [0, 0.05) is 30.2 Å². The van der Waals surface area contributed by atoms with Crippen LogP contribution in [0.1, 0.15) is 0 Å². The van der Waals surface area contributed by atoms with Crippen molar-refractivity contribution in [2.24, 2.45) is 0 Å². The van der Waals surface area contributed by atoms with Crippen molar-refractivity contribution in [3.63, 3.8) is 0 Å². The smallest absolute Gasteiger partial charge is 0.242 e. The Labute approximate surface area is 103 Å². The number of carbonyl (C=O) groups excluding carboxylic acids is 1. The molecule has 1 atom stereocenters. The number of carbonyl (C=O) groups is 1. The minimum absolute atomic E-state index is 0.0227. The Morgan fingerprint density at radius 3 is 3.35 bits per heavy atom. The summed E-state index contributed by atoms with van der Waals surface area (Å²) in [7, 11) is 0. The second-order valence-electron chi connectivity index (χ2n) is 3.87. The van der Waals surface area contributed by atoms with Gasteiger partial charge in [0.15, 0.2) is 0 Å². The highest BCUT2D eigenvalue weighted by Gasteiger charge is 2.22. The maximum atomic E-state index is 11.9. The number of nitrogens with zero attached hydrogens (tertiary/aromatic N) is 2. The number of nitrogens with one attached hydrogen (secondary N) is 2. The SMILES string of the molecule is O=C(Nc1ccc2nccn2c1)C1CSCN1. The van der Waals surface area contributed by atoms with Crippen LogP contribution < -0.4 is 10.6 Å². The van der Waals surface area contributed by atoms with Gasteiger partial charge in [-0.2, -0.15) is 0 Å². The Morgan fingerprint density at radius 2 is 2.53 bits per heavy atom. The third-order valence-corrected chi connectivity index (χ3v) is 3.63. The lowest BCUT2D eigenvalue weighted by Crippen LogP contribution is -2.37. The number of pyridine rings is 1. The second kappa shape index (κ2) is 4.38. The zero-order valence-corrected chi connectivity index (χ0v) is 9.91. The quantitative estimate of drug-likeness (QED) is 0.830. The molecule has 0 saturated carbocycles. The van der Waals surface area contributed by atoms with E-state index in [0.29, 0.717) is 0 Å². The number of thioether (sulfide) groups is 1. The summed E-state index contributed by atoms with van der Waals surface area (Å²) in [5.41, 5.74) is 1.66. The molecule has 1 unspecified atom stereocenters. The van der Waals surface area contributed by atoms with Crippen LogP contribution in [0, 0.1) is 0 Å². The summed E-state index contributed by atoms with van der Waals surface area (Å²) < 4.78 is 1.88. The van der Waals surface area contributed by atoms with E-state index in [1.807, 2.05) is 28.9 Å². The molecule has 1 saturated heterocycles. The van der Waals surface area contributed by atoms with Gasteiger partial charge in [-0.1, -0.05) is 0 Å².